The minimum Gasteiger partial charge on any atom is -0.493 e. The van der Waals surface area contributed by atoms with Gasteiger partial charge in [0.1, 0.15) is 6.04 Å². The van der Waals surface area contributed by atoms with Gasteiger partial charge in [0.05, 0.1) is 14.2 Å². The quantitative estimate of drug-likeness (QED) is 0.542. The molecule has 2 aromatic carbocycles. The number of ether oxygens (including phenoxy) is 2. The van der Waals surface area contributed by atoms with Crippen molar-refractivity contribution in [3.05, 3.63) is 59.7 Å². The van der Waals surface area contributed by atoms with Crippen molar-refractivity contribution in [3.63, 3.8) is 0 Å². The SMILES string of the molecule is CC[C@@H](C(=O)NC(C)C)N(CCc1ccccc1)C(=O)CCc1ccc(OC)c(OC)c1. The fourth-order valence-corrected chi connectivity index (χ4v) is 3.71. The van der Waals surface area contributed by atoms with Crippen LogP contribution in [-0.4, -0.2) is 49.6 Å². The lowest BCUT2D eigenvalue weighted by Gasteiger charge is -2.31. The van der Waals surface area contributed by atoms with Gasteiger partial charge in [0.15, 0.2) is 11.5 Å². The van der Waals surface area contributed by atoms with Crippen molar-refractivity contribution in [1.82, 2.24) is 10.2 Å². The molecule has 174 valence electrons. The summed E-state index contributed by atoms with van der Waals surface area (Å²) in [4.78, 5) is 27.9. The van der Waals surface area contributed by atoms with Crippen molar-refractivity contribution in [3.8, 4) is 11.5 Å². The second-order valence-electron chi connectivity index (χ2n) is 8.10. The first kappa shape index (κ1) is 25.2. The van der Waals surface area contributed by atoms with Gasteiger partial charge in [0.25, 0.3) is 0 Å². The van der Waals surface area contributed by atoms with E-state index in [9.17, 15) is 9.59 Å². The number of aryl methyl sites for hydroxylation is 1. The number of methoxy groups -OCH3 is 2. The van der Waals surface area contributed by atoms with Gasteiger partial charge in [-0.05, 0) is 56.4 Å². The molecule has 0 saturated carbocycles. The Balaban J connectivity index is 2.15. The average Bonchev–Trinajstić information content (AvgIpc) is 2.79. The molecule has 0 fully saturated rings. The Bertz CT molecular complexity index is 867. The minimum absolute atomic E-state index is 0.0226. The number of nitrogens with one attached hydrogen (secondary N) is 1. The number of carbonyl (C=O) groups excluding carboxylic acids is 2. The van der Waals surface area contributed by atoms with Crippen LogP contribution in [0.3, 0.4) is 0 Å². The van der Waals surface area contributed by atoms with Gasteiger partial charge >= 0.3 is 0 Å². The molecule has 0 heterocycles. The molecule has 2 aromatic rings. The molecule has 0 unspecified atom stereocenters. The molecule has 1 N–H and O–H groups in total. The molecule has 0 aliphatic heterocycles. The summed E-state index contributed by atoms with van der Waals surface area (Å²) in [6, 6.07) is 15.2. The van der Waals surface area contributed by atoms with E-state index in [1.54, 1.807) is 19.1 Å². The first-order valence-electron chi connectivity index (χ1n) is 11.2. The van der Waals surface area contributed by atoms with Crippen LogP contribution in [0.25, 0.3) is 0 Å². The van der Waals surface area contributed by atoms with Crippen LogP contribution in [-0.2, 0) is 22.4 Å². The average molecular weight is 441 g/mol. The number of hydrogen-bond acceptors (Lipinski definition) is 4. The lowest BCUT2D eigenvalue weighted by molar-refractivity contribution is -0.140. The summed E-state index contributed by atoms with van der Waals surface area (Å²) in [6.45, 7) is 6.30. The number of amides is 2. The molecular weight excluding hydrogens is 404 g/mol. The highest BCUT2D eigenvalue weighted by atomic mass is 16.5. The fourth-order valence-electron chi connectivity index (χ4n) is 3.71. The summed E-state index contributed by atoms with van der Waals surface area (Å²) in [5, 5.41) is 2.97. The fraction of sp³-hybridized carbons (Fsp3) is 0.462. The topological polar surface area (TPSA) is 67.9 Å². The normalized spacial score (nSPS) is 11.7. The second kappa shape index (κ2) is 12.7. The van der Waals surface area contributed by atoms with E-state index in [0.717, 1.165) is 11.1 Å². The van der Waals surface area contributed by atoms with E-state index in [-0.39, 0.29) is 17.9 Å². The third kappa shape index (κ3) is 7.29. The van der Waals surface area contributed by atoms with E-state index in [0.29, 0.717) is 43.7 Å². The molecule has 2 rings (SSSR count). The van der Waals surface area contributed by atoms with Crippen molar-refractivity contribution in [2.24, 2.45) is 0 Å². The number of carbonyl (C=O) groups is 2. The molecule has 2 amide bonds. The van der Waals surface area contributed by atoms with E-state index in [2.05, 4.69) is 5.32 Å². The molecule has 6 heteroatoms. The van der Waals surface area contributed by atoms with Crippen LogP contribution in [0, 0.1) is 0 Å². The van der Waals surface area contributed by atoms with Crippen molar-refractivity contribution in [2.75, 3.05) is 20.8 Å². The Morgan fingerprint density at radius 2 is 1.62 bits per heavy atom. The van der Waals surface area contributed by atoms with Crippen LogP contribution in [0.15, 0.2) is 48.5 Å². The van der Waals surface area contributed by atoms with E-state index >= 15 is 0 Å². The molecule has 0 saturated heterocycles. The largest absolute Gasteiger partial charge is 0.493 e. The highest BCUT2D eigenvalue weighted by Gasteiger charge is 2.28. The highest BCUT2D eigenvalue weighted by Crippen LogP contribution is 2.28. The number of nitrogens with zero attached hydrogens (tertiary/aromatic N) is 1. The van der Waals surface area contributed by atoms with E-state index in [1.165, 1.54) is 0 Å². The van der Waals surface area contributed by atoms with Crippen LogP contribution >= 0.6 is 0 Å². The molecule has 0 aromatic heterocycles. The number of benzene rings is 2. The lowest BCUT2D eigenvalue weighted by Crippen LogP contribution is -2.51. The maximum atomic E-state index is 13.3. The molecule has 6 nitrogen and oxygen atoms in total. The highest BCUT2D eigenvalue weighted by molar-refractivity contribution is 5.87. The van der Waals surface area contributed by atoms with Gasteiger partial charge in [-0.3, -0.25) is 9.59 Å². The van der Waals surface area contributed by atoms with Crippen molar-refractivity contribution in [2.45, 2.75) is 58.5 Å². The van der Waals surface area contributed by atoms with Gasteiger partial charge in [-0.2, -0.15) is 0 Å². The first-order chi connectivity index (χ1) is 15.4. The summed E-state index contributed by atoms with van der Waals surface area (Å²) < 4.78 is 10.7. The van der Waals surface area contributed by atoms with Gasteiger partial charge in [0, 0.05) is 19.0 Å². The van der Waals surface area contributed by atoms with Crippen LogP contribution in [0.2, 0.25) is 0 Å². The standard InChI is InChI=1S/C26H36N2O4/c1-6-22(26(30)27-19(2)3)28(17-16-20-10-8-7-9-11-20)25(29)15-13-21-12-14-23(31-4)24(18-21)32-5/h7-12,14,18-19,22H,6,13,15-17H2,1-5H3,(H,27,30)/t22-/m0/s1. The molecule has 0 spiro atoms. The van der Waals surface area contributed by atoms with Crippen molar-refractivity contribution < 1.29 is 19.1 Å². The van der Waals surface area contributed by atoms with Crippen molar-refractivity contribution >= 4 is 11.8 Å². The Morgan fingerprint density at radius 3 is 2.22 bits per heavy atom. The Labute approximate surface area is 191 Å². The van der Waals surface area contributed by atoms with Gasteiger partial charge in [0.2, 0.25) is 11.8 Å². The zero-order valence-electron chi connectivity index (χ0n) is 19.9. The molecule has 32 heavy (non-hydrogen) atoms. The summed E-state index contributed by atoms with van der Waals surface area (Å²) in [6.07, 6.45) is 2.14. The smallest absolute Gasteiger partial charge is 0.242 e. The zero-order valence-corrected chi connectivity index (χ0v) is 19.9. The van der Waals surface area contributed by atoms with Gasteiger partial charge in [-0.25, -0.2) is 0 Å². The first-order valence-corrected chi connectivity index (χ1v) is 11.2. The van der Waals surface area contributed by atoms with E-state index in [4.69, 9.17) is 9.47 Å². The molecule has 1 atom stereocenters. The summed E-state index contributed by atoms with van der Waals surface area (Å²) in [5.74, 6) is 1.17. The maximum Gasteiger partial charge on any atom is 0.242 e. The van der Waals surface area contributed by atoms with Crippen LogP contribution < -0.4 is 14.8 Å². The van der Waals surface area contributed by atoms with Gasteiger partial charge in [-0.15, -0.1) is 0 Å². The second-order valence-corrected chi connectivity index (χ2v) is 8.10. The third-order valence-electron chi connectivity index (χ3n) is 5.38. The predicted molar refractivity (Wildman–Crippen MR) is 127 cm³/mol. The summed E-state index contributed by atoms with van der Waals surface area (Å²) >= 11 is 0. The van der Waals surface area contributed by atoms with Crippen LogP contribution in [0.4, 0.5) is 0 Å². The van der Waals surface area contributed by atoms with Crippen LogP contribution in [0.1, 0.15) is 44.7 Å². The zero-order chi connectivity index (χ0) is 23.5. The Morgan fingerprint density at radius 1 is 0.938 bits per heavy atom. The minimum atomic E-state index is -0.487. The Hall–Kier alpha value is -3.02. The van der Waals surface area contributed by atoms with Gasteiger partial charge < -0.3 is 19.7 Å². The summed E-state index contributed by atoms with van der Waals surface area (Å²) in [5.41, 5.74) is 2.13. The molecule has 0 aliphatic rings. The van der Waals surface area contributed by atoms with Crippen LogP contribution in [0.5, 0.6) is 11.5 Å². The number of hydrogen-bond donors (Lipinski definition) is 1. The van der Waals surface area contributed by atoms with E-state index < -0.39 is 6.04 Å². The molecule has 0 aliphatic carbocycles. The predicted octanol–water partition coefficient (Wildman–Crippen LogP) is 4.01. The Kier molecular flexibility index (Phi) is 10.1. The van der Waals surface area contributed by atoms with Crippen molar-refractivity contribution in [1.29, 1.82) is 0 Å². The summed E-state index contributed by atoms with van der Waals surface area (Å²) in [7, 11) is 3.19. The molecular formula is C26H36N2O4. The van der Waals surface area contributed by atoms with Gasteiger partial charge in [-0.1, -0.05) is 43.3 Å². The molecule has 0 radical (unpaired) electrons. The lowest BCUT2D eigenvalue weighted by atomic mass is 10.1. The monoisotopic (exact) mass is 440 g/mol. The third-order valence-corrected chi connectivity index (χ3v) is 5.38. The maximum absolute atomic E-state index is 13.3. The number of rotatable bonds is 12. The van der Waals surface area contributed by atoms with E-state index in [1.807, 2.05) is 69.3 Å². The molecule has 0 bridgehead atoms.